The van der Waals surface area contributed by atoms with Crippen LogP contribution in [0, 0.1) is 0 Å². The molecule has 0 spiro atoms. The number of ether oxygens (including phenoxy) is 3. The number of halogens is 1. The number of likely N-dealkylation sites (N-methyl/N-ethyl adjacent to an activating group) is 1. The minimum absolute atomic E-state index is 0.00640. The van der Waals surface area contributed by atoms with Crippen LogP contribution in [0.25, 0.3) is 0 Å². The topological polar surface area (TPSA) is 121 Å². The number of hydrogen-bond donors (Lipinski definition) is 1. The number of amides is 2. The Labute approximate surface area is 299 Å². The van der Waals surface area contributed by atoms with E-state index in [0.717, 1.165) is 29.4 Å². The van der Waals surface area contributed by atoms with Gasteiger partial charge in [0.1, 0.15) is 22.1 Å². The summed E-state index contributed by atoms with van der Waals surface area (Å²) in [7, 11) is 7.09. The largest absolute Gasteiger partial charge is 0.497 e. The third-order valence-corrected chi connectivity index (χ3v) is 11.3. The Hall–Kier alpha value is -3.88. The molecule has 0 saturated carbocycles. The molecule has 1 unspecified atom stereocenters. The first kappa shape index (κ1) is 37.4. The highest BCUT2D eigenvalue weighted by atomic mass is 35.5. The van der Waals surface area contributed by atoms with E-state index in [4.69, 9.17) is 25.8 Å². The van der Waals surface area contributed by atoms with Crippen molar-refractivity contribution in [1.29, 1.82) is 0 Å². The fourth-order valence-electron chi connectivity index (χ4n) is 6.99. The summed E-state index contributed by atoms with van der Waals surface area (Å²) in [5, 5.41) is 3.77. The Balaban J connectivity index is 1.77. The van der Waals surface area contributed by atoms with E-state index in [1.54, 1.807) is 32.3 Å². The van der Waals surface area contributed by atoms with Gasteiger partial charge >= 0.3 is 0 Å². The molecule has 1 fully saturated rings. The average Bonchev–Trinajstić information content (AvgIpc) is 3.68. The van der Waals surface area contributed by atoms with Crippen LogP contribution in [0.3, 0.4) is 0 Å². The number of nitrogens with zero attached hydrogens (tertiary/aromatic N) is 4. The summed E-state index contributed by atoms with van der Waals surface area (Å²) in [6.45, 7) is 2.51. The van der Waals surface area contributed by atoms with Gasteiger partial charge in [-0.3, -0.25) is 14.5 Å². The van der Waals surface area contributed by atoms with E-state index in [1.807, 2.05) is 31.1 Å². The first-order valence-corrected chi connectivity index (χ1v) is 18.3. The summed E-state index contributed by atoms with van der Waals surface area (Å²) >= 11 is 6.68. The zero-order valence-electron chi connectivity index (χ0n) is 29.7. The highest BCUT2D eigenvalue weighted by molar-refractivity contribution is 7.93. The standard InChI is InChI=1S/C36H46ClN5O7S/c1-39(2)18-9-17-38-23-24-11-15-31(48-6)28(20-24)36(41-19-8-10-30(41)34(43)40(3)4)27-21-25(37)12-14-29(27)42(35(36)44)50(45,46)33-16-13-26(47-5)22-32(33)49-7/h11-16,20-22,30,38H,8-10,17-19,23H2,1-7H3/t30?,36-/m0/s1. The van der Waals surface area contributed by atoms with Gasteiger partial charge < -0.3 is 29.3 Å². The molecule has 0 aromatic heterocycles. The van der Waals surface area contributed by atoms with Crippen LogP contribution >= 0.6 is 11.6 Å². The number of sulfonamides is 1. The van der Waals surface area contributed by atoms with Crippen molar-refractivity contribution in [1.82, 2.24) is 20.0 Å². The fraction of sp³-hybridized carbons (Fsp3) is 0.444. The van der Waals surface area contributed by atoms with Crippen LogP contribution in [0.15, 0.2) is 59.5 Å². The van der Waals surface area contributed by atoms with Gasteiger partial charge in [0.25, 0.3) is 15.9 Å². The first-order chi connectivity index (χ1) is 23.8. The van der Waals surface area contributed by atoms with Crippen molar-refractivity contribution >= 4 is 39.1 Å². The summed E-state index contributed by atoms with van der Waals surface area (Å²) in [6.07, 6.45) is 2.01. The Morgan fingerprint density at radius 2 is 1.70 bits per heavy atom. The van der Waals surface area contributed by atoms with Crippen molar-refractivity contribution < 1.29 is 32.2 Å². The van der Waals surface area contributed by atoms with E-state index in [2.05, 4.69) is 10.2 Å². The van der Waals surface area contributed by atoms with Crippen LogP contribution in [0.2, 0.25) is 5.02 Å². The van der Waals surface area contributed by atoms with Gasteiger partial charge in [0, 0.05) is 49.4 Å². The molecular weight excluding hydrogens is 682 g/mol. The molecule has 3 aromatic rings. The predicted molar refractivity (Wildman–Crippen MR) is 193 cm³/mol. The molecule has 2 aliphatic heterocycles. The number of carbonyl (C=O) groups excluding carboxylic acids is 2. The fourth-order valence-corrected chi connectivity index (χ4v) is 8.76. The molecule has 2 atom stereocenters. The summed E-state index contributed by atoms with van der Waals surface area (Å²) < 4.78 is 47.2. The van der Waals surface area contributed by atoms with Gasteiger partial charge in [-0.05, 0) is 94.5 Å². The van der Waals surface area contributed by atoms with Gasteiger partial charge in [0.2, 0.25) is 5.91 Å². The Morgan fingerprint density at radius 1 is 0.960 bits per heavy atom. The number of fused-ring (bicyclic) bond motifs is 1. The molecule has 1 saturated heterocycles. The molecule has 3 aromatic carbocycles. The zero-order chi connectivity index (χ0) is 36.4. The maximum absolute atomic E-state index is 15.6. The van der Waals surface area contributed by atoms with Crippen LogP contribution in [0.5, 0.6) is 17.2 Å². The smallest absolute Gasteiger partial charge is 0.274 e. The van der Waals surface area contributed by atoms with Gasteiger partial charge in [-0.1, -0.05) is 17.7 Å². The summed E-state index contributed by atoms with van der Waals surface area (Å²) in [5.41, 5.74) is -0.0897. The number of hydrogen-bond acceptors (Lipinski definition) is 10. The third kappa shape index (κ3) is 6.64. The number of methoxy groups -OCH3 is 3. The van der Waals surface area contributed by atoms with E-state index in [-0.39, 0.29) is 22.2 Å². The summed E-state index contributed by atoms with van der Waals surface area (Å²) in [4.78, 5) is 34.7. The lowest BCUT2D eigenvalue weighted by Crippen LogP contribution is -2.59. The molecule has 0 aliphatic carbocycles. The molecule has 14 heteroatoms. The lowest BCUT2D eigenvalue weighted by atomic mass is 9.80. The zero-order valence-corrected chi connectivity index (χ0v) is 31.2. The van der Waals surface area contributed by atoms with Crippen molar-refractivity contribution in [2.24, 2.45) is 0 Å². The minimum atomic E-state index is -4.62. The van der Waals surface area contributed by atoms with Crippen molar-refractivity contribution in [3.8, 4) is 17.2 Å². The third-order valence-electron chi connectivity index (χ3n) is 9.30. The number of carbonyl (C=O) groups is 2. The molecule has 2 aliphatic rings. The van der Waals surface area contributed by atoms with E-state index >= 15 is 4.79 Å². The molecular formula is C36H46ClN5O7S. The van der Waals surface area contributed by atoms with Gasteiger partial charge in [0.05, 0.1) is 33.1 Å². The maximum atomic E-state index is 15.6. The molecule has 12 nitrogen and oxygen atoms in total. The minimum Gasteiger partial charge on any atom is -0.497 e. The second kappa shape index (κ2) is 15.2. The molecule has 0 radical (unpaired) electrons. The maximum Gasteiger partial charge on any atom is 0.274 e. The van der Waals surface area contributed by atoms with Crippen molar-refractivity contribution in [2.45, 2.75) is 42.3 Å². The Morgan fingerprint density at radius 3 is 2.36 bits per heavy atom. The SMILES string of the molecule is COc1ccc(S(=O)(=O)N2C(=O)[C@](c3cc(CNCCCN(C)C)ccc3OC)(N3CCCC3C(=O)N(C)C)c3cc(Cl)ccc32)c(OC)c1. The highest BCUT2D eigenvalue weighted by Gasteiger charge is 2.63. The van der Waals surface area contributed by atoms with Crippen molar-refractivity contribution in [3.05, 3.63) is 76.3 Å². The molecule has 2 heterocycles. The number of nitrogens with one attached hydrogen (secondary N) is 1. The van der Waals surface area contributed by atoms with Crippen LogP contribution in [0.4, 0.5) is 5.69 Å². The quantitative estimate of drug-likeness (QED) is 0.245. The van der Waals surface area contributed by atoms with Gasteiger partial charge in [-0.15, -0.1) is 0 Å². The molecule has 1 N–H and O–H groups in total. The van der Waals surface area contributed by atoms with Gasteiger partial charge in [-0.2, -0.15) is 0 Å². The number of benzene rings is 3. The summed E-state index contributed by atoms with van der Waals surface area (Å²) in [5.74, 6) is -0.222. The van der Waals surface area contributed by atoms with Crippen LogP contribution in [-0.4, -0.2) is 110 Å². The lowest BCUT2D eigenvalue weighted by Gasteiger charge is -2.42. The summed E-state index contributed by atoms with van der Waals surface area (Å²) in [6, 6.07) is 13.8. The number of likely N-dealkylation sites (tertiary alicyclic amines) is 1. The van der Waals surface area contributed by atoms with Crippen molar-refractivity contribution in [2.75, 3.05) is 73.5 Å². The van der Waals surface area contributed by atoms with Crippen molar-refractivity contribution in [3.63, 3.8) is 0 Å². The van der Waals surface area contributed by atoms with E-state index in [0.29, 0.717) is 53.6 Å². The van der Waals surface area contributed by atoms with E-state index < -0.39 is 27.5 Å². The van der Waals surface area contributed by atoms with E-state index in [1.165, 1.54) is 50.5 Å². The second-order valence-corrected chi connectivity index (χ2v) is 15.1. The van der Waals surface area contributed by atoms with Crippen LogP contribution in [-0.2, 0) is 31.7 Å². The Bertz CT molecular complexity index is 1850. The molecule has 0 bridgehead atoms. The number of anilines is 1. The molecule has 5 rings (SSSR count). The highest BCUT2D eigenvalue weighted by Crippen LogP contribution is 2.55. The average molecular weight is 728 g/mol. The normalized spacial score (nSPS) is 19.2. The second-order valence-electron chi connectivity index (χ2n) is 12.9. The molecule has 2 amide bonds. The van der Waals surface area contributed by atoms with Crippen LogP contribution < -0.4 is 23.8 Å². The monoisotopic (exact) mass is 727 g/mol. The van der Waals surface area contributed by atoms with Gasteiger partial charge in [-0.25, -0.2) is 12.7 Å². The predicted octanol–water partition coefficient (Wildman–Crippen LogP) is 3.94. The van der Waals surface area contributed by atoms with E-state index in [9.17, 15) is 13.2 Å². The number of rotatable bonds is 14. The Kier molecular flexibility index (Phi) is 11.3. The first-order valence-electron chi connectivity index (χ1n) is 16.5. The molecule has 270 valence electrons. The van der Waals surface area contributed by atoms with Gasteiger partial charge in [0.15, 0.2) is 5.54 Å². The van der Waals surface area contributed by atoms with Crippen LogP contribution in [0.1, 0.15) is 36.0 Å². The molecule has 50 heavy (non-hydrogen) atoms. The lowest BCUT2D eigenvalue weighted by molar-refractivity contribution is -0.138.